The van der Waals surface area contributed by atoms with Crippen LogP contribution in [0, 0.1) is 11.8 Å². The van der Waals surface area contributed by atoms with Gasteiger partial charge in [-0.15, -0.1) is 0 Å². The molecule has 0 aromatic rings. The maximum atomic E-state index is 3.58. The van der Waals surface area contributed by atoms with Crippen LogP contribution in [0.2, 0.25) is 0 Å². The molecule has 100 valence electrons. The van der Waals surface area contributed by atoms with Crippen molar-refractivity contribution in [1.82, 2.24) is 10.2 Å². The number of nitrogens with zero attached hydrogens (tertiary/aromatic N) is 1. The average molecular weight is 238 g/mol. The van der Waals surface area contributed by atoms with Gasteiger partial charge in [-0.25, -0.2) is 0 Å². The predicted molar refractivity (Wildman–Crippen MR) is 74.3 cm³/mol. The van der Waals surface area contributed by atoms with Crippen molar-refractivity contribution in [3.05, 3.63) is 0 Å². The Morgan fingerprint density at radius 3 is 2.47 bits per heavy atom. The van der Waals surface area contributed by atoms with Gasteiger partial charge in [0.2, 0.25) is 0 Å². The molecule has 2 aliphatic heterocycles. The molecule has 2 fully saturated rings. The standard InChI is InChI=1S/C15H30N2/c1-3-13-7-10-17(11-8-13)15(4-2)14-6-5-9-16-12-14/h13-16H,3-12H2,1-2H3. The van der Waals surface area contributed by atoms with Crippen molar-refractivity contribution in [3.63, 3.8) is 0 Å². The van der Waals surface area contributed by atoms with Gasteiger partial charge in [0, 0.05) is 6.04 Å². The minimum Gasteiger partial charge on any atom is -0.316 e. The van der Waals surface area contributed by atoms with E-state index in [-0.39, 0.29) is 0 Å². The Morgan fingerprint density at radius 1 is 1.18 bits per heavy atom. The molecule has 0 saturated carbocycles. The van der Waals surface area contributed by atoms with Gasteiger partial charge in [-0.3, -0.25) is 0 Å². The van der Waals surface area contributed by atoms with Crippen molar-refractivity contribution < 1.29 is 0 Å². The summed E-state index contributed by atoms with van der Waals surface area (Å²) in [5.41, 5.74) is 0. The lowest BCUT2D eigenvalue weighted by molar-refractivity contribution is 0.0802. The molecule has 2 heterocycles. The largest absolute Gasteiger partial charge is 0.316 e. The van der Waals surface area contributed by atoms with Crippen molar-refractivity contribution >= 4 is 0 Å². The Balaban J connectivity index is 1.85. The highest BCUT2D eigenvalue weighted by Gasteiger charge is 2.29. The van der Waals surface area contributed by atoms with E-state index in [1.54, 1.807) is 0 Å². The summed E-state index contributed by atoms with van der Waals surface area (Å²) in [6.07, 6.45) is 8.42. The van der Waals surface area contributed by atoms with Gasteiger partial charge in [0.25, 0.3) is 0 Å². The lowest BCUT2D eigenvalue weighted by Crippen LogP contribution is -2.48. The molecule has 0 amide bonds. The second-order valence-electron chi connectivity index (χ2n) is 5.97. The summed E-state index contributed by atoms with van der Waals surface area (Å²) in [5, 5.41) is 3.58. The molecule has 0 aliphatic carbocycles. The molecule has 2 heteroatoms. The second-order valence-corrected chi connectivity index (χ2v) is 5.97. The maximum Gasteiger partial charge on any atom is 0.0133 e. The monoisotopic (exact) mass is 238 g/mol. The molecule has 2 aliphatic rings. The Hall–Kier alpha value is -0.0800. The van der Waals surface area contributed by atoms with E-state index in [1.807, 2.05) is 0 Å². The van der Waals surface area contributed by atoms with Crippen molar-refractivity contribution in [3.8, 4) is 0 Å². The van der Waals surface area contributed by atoms with E-state index in [0.29, 0.717) is 0 Å². The molecular weight excluding hydrogens is 208 g/mol. The van der Waals surface area contributed by atoms with Crippen molar-refractivity contribution in [2.24, 2.45) is 11.8 Å². The zero-order valence-corrected chi connectivity index (χ0v) is 11.8. The normalized spacial score (nSPS) is 30.4. The van der Waals surface area contributed by atoms with Crippen LogP contribution in [0.1, 0.15) is 52.4 Å². The first-order valence-corrected chi connectivity index (χ1v) is 7.79. The quantitative estimate of drug-likeness (QED) is 0.810. The number of hydrogen-bond donors (Lipinski definition) is 1. The average Bonchev–Trinajstić information content (AvgIpc) is 2.42. The summed E-state index contributed by atoms with van der Waals surface area (Å²) in [6, 6.07) is 0.848. The molecular formula is C15H30N2. The van der Waals surface area contributed by atoms with Crippen LogP contribution in [0.15, 0.2) is 0 Å². The van der Waals surface area contributed by atoms with Gasteiger partial charge in [-0.1, -0.05) is 20.3 Å². The first-order chi connectivity index (χ1) is 8.35. The van der Waals surface area contributed by atoms with Crippen LogP contribution >= 0.6 is 0 Å². The van der Waals surface area contributed by atoms with Crippen LogP contribution in [0.3, 0.4) is 0 Å². The zero-order chi connectivity index (χ0) is 12.1. The molecule has 0 radical (unpaired) electrons. The van der Waals surface area contributed by atoms with E-state index in [0.717, 1.165) is 17.9 Å². The third-order valence-corrected chi connectivity index (χ3v) is 4.99. The molecule has 2 nitrogen and oxygen atoms in total. The number of nitrogens with one attached hydrogen (secondary N) is 1. The highest BCUT2D eigenvalue weighted by molar-refractivity contribution is 4.85. The lowest BCUT2D eigenvalue weighted by Gasteiger charge is -2.42. The van der Waals surface area contributed by atoms with Crippen LogP contribution in [0.5, 0.6) is 0 Å². The molecule has 0 spiro atoms. The third kappa shape index (κ3) is 3.45. The summed E-state index contributed by atoms with van der Waals surface area (Å²) in [6.45, 7) is 9.94. The molecule has 2 unspecified atom stereocenters. The van der Waals surface area contributed by atoms with Gasteiger partial charge in [-0.2, -0.15) is 0 Å². The van der Waals surface area contributed by atoms with Gasteiger partial charge in [-0.05, 0) is 70.1 Å². The Bertz CT molecular complexity index is 203. The molecule has 2 atom stereocenters. The molecule has 0 aromatic carbocycles. The highest BCUT2D eigenvalue weighted by atomic mass is 15.2. The second kappa shape index (κ2) is 6.75. The molecule has 0 aromatic heterocycles. The van der Waals surface area contributed by atoms with Crippen molar-refractivity contribution in [2.45, 2.75) is 58.4 Å². The van der Waals surface area contributed by atoms with Gasteiger partial charge in [0.15, 0.2) is 0 Å². The summed E-state index contributed by atoms with van der Waals surface area (Å²) in [7, 11) is 0. The Labute approximate surface area is 107 Å². The zero-order valence-electron chi connectivity index (χ0n) is 11.8. The van der Waals surface area contributed by atoms with E-state index in [2.05, 4.69) is 24.1 Å². The van der Waals surface area contributed by atoms with Crippen molar-refractivity contribution in [2.75, 3.05) is 26.2 Å². The Morgan fingerprint density at radius 2 is 1.94 bits per heavy atom. The van der Waals surface area contributed by atoms with E-state index >= 15 is 0 Å². The summed E-state index contributed by atoms with van der Waals surface area (Å²) >= 11 is 0. The minimum atomic E-state index is 0.848. The van der Waals surface area contributed by atoms with Crippen LogP contribution in [0.25, 0.3) is 0 Å². The molecule has 1 N–H and O–H groups in total. The molecule has 0 bridgehead atoms. The van der Waals surface area contributed by atoms with Crippen LogP contribution in [-0.4, -0.2) is 37.1 Å². The van der Waals surface area contributed by atoms with E-state index in [9.17, 15) is 0 Å². The smallest absolute Gasteiger partial charge is 0.0133 e. The first-order valence-electron chi connectivity index (χ1n) is 7.79. The fourth-order valence-corrected chi connectivity index (χ4v) is 3.79. The molecule has 2 saturated heterocycles. The topological polar surface area (TPSA) is 15.3 Å². The Kier molecular flexibility index (Phi) is 5.30. The number of piperidine rings is 2. The third-order valence-electron chi connectivity index (χ3n) is 4.99. The van der Waals surface area contributed by atoms with Crippen LogP contribution < -0.4 is 5.32 Å². The number of likely N-dealkylation sites (tertiary alicyclic amines) is 1. The first kappa shape index (κ1) is 13.4. The number of rotatable bonds is 4. The maximum absolute atomic E-state index is 3.58. The van der Waals surface area contributed by atoms with Gasteiger partial charge in [0.1, 0.15) is 0 Å². The fourth-order valence-electron chi connectivity index (χ4n) is 3.79. The van der Waals surface area contributed by atoms with Gasteiger partial charge >= 0.3 is 0 Å². The van der Waals surface area contributed by atoms with E-state index < -0.39 is 0 Å². The van der Waals surface area contributed by atoms with Crippen LogP contribution in [0.4, 0.5) is 0 Å². The van der Waals surface area contributed by atoms with Crippen molar-refractivity contribution in [1.29, 1.82) is 0 Å². The predicted octanol–water partition coefficient (Wildman–Crippen LogP) is 2.89. The summed E-state index contributed by atoms with van der Waals surface area (Å²) < 4.78 is 0. The highest BCUT2D eigenvalue weighted by Crippen LogP contribution is 2.27. The summed E-state index contributed by atoms with van der Waals surface area (Å²) in [4.78, 5) is 2.80. The summed E-state index contributed by atoms with van der Waals surface area (Å²) in [5.74, 6) is 1.92. The van der Waals surface area contributed by atoms with Crippen LogP contribution in [-0.2, 0) is 0 Å². The number of hydrogen-bond acceptors (Lipinski definition) is 2. The van der Waals surface area contributed by atoms with E-state index in [4.69, 9.17) is 0 Å². The molecule has 2 rings (SSSR count). The SMILES string of the molecule is CCC1CCN(C(CC)C2CCCNC2)CC1. The van der Waals surface area contributed by atoms with E-state index in [1.165, 1.54) is 64.7 Å². The lowest BCUT2D eigenvalue weighted by atomic mass is 9.86. The fraction of sp³-hybridized carbons (Fsp3) is 1.00. The minimum absolute atomic E-state index is 0.848. The van der Waals surface area contributed by atoms with Gasteiger partial charge < -0.3 is 10.2 Å². The molecule has 17 heavy (non-hydrogen) atoms. The van der Waals surface area contributed by atoms with Gasteiger partial charge in [0.05, 0.1) is 0 Å².